The van der Waals surface area contributed by atoms with E-state index in [4.69, 9.17) is 14.3 Å². The maximum atomic E-state index is 8.83. The number of hydrogen-bond donors (Lipinski definition) is 2. The third-order valence-electron chi connectivity index (χ3n) is 6.13. The Morgan fingerprint density at radius 2 is 1.12 bits per heavy atom. The monoisotopic (exact) mass is 458 g/mol. The van der Waals surface area contributed by atoms with E-state index in [-0.39, 0.29) is 10.8 Å². The van der Waals surface area contributed by atoms with Crippen LogP contribution in [-0.4, -0.2) is 16.4 Å². The molecule has 0 amide bonds. The molecule has 2 N–H and O–H groups in total. The Hall–Kier alpha value is -1.25. The highest BCUT2D eigenvalue weighted by Gasteiger charge is 2.27. The number of unbranched alkanes of at least 4 members (excludes halogenated alkanes) is 4. The molecule has 3 nitrogen and oxygen atoms in total. The molecule has 0 heterocycles. The molecule has 0 atom stereocenters. The molecule has 2 aromatic rings. The first-order chi connectivity index (χ1) is 15.0. The Bertz CT molecular complexity index is 760. The first kappa shape index (κ1) is 27.0. The SMILES string of the molecule is CC(C)(C)c1ccccc1C(CCCCCCCOP(O)O)c1ccccc1C(C)(C)C. The lowest BCUT2D eigenvalue weighted by Gasteiger charge is -2.32. The van der Waals surface area contributed by atoms with Crippen LogP contribution in [0, 0.1) is 0 Å². The third kappa shape index (κ3) is 8.27. The van der Waals surface area contributed by atoms with E-state index in [1.54, 1.807) is 0 Å². The highest BCUT2D eigenvalue weighted by Crippen LogP contribution is 2.41. The molecule has 178 valence electrons. The minimum absolute atomic E-state index is 0.102. The van der Waals surface area contributed by atoms with Crippen LogP contribution >= 0.6 is 8.60 Å². The van der Waals surface area contributed by atoms with Gasteiger partial charge in [-0.05, 0) is 45.9 Å². The minimum Gasteiger partial charge on any atom is -0.328 e. The average molecular weight is 459 g/mol. The van der Waals surface area contributed by atoms with Gasteiger partial charge in [0.25, 0.3) is 0 Å². The molecule has 32 heavy (non-hydrogen) atoms. The zero-order valence-corrected chi connectivity index (χ0v) is 21.8. The summed E-state index contributed by atoms with van der Waals surface area (Å²) in [5.74, 6) is 0.386. The van der Waals surface area contributed by atoms with Gasteiger partial charge in [-0.1, -0.05) is 116 Å². The quantitative estimate of drug-likeness (QED) is 0.265. The second kappa shape index (κ2) is 12.3. The van der Waals surface area contributed by atoms with Crippen LogP contribution in [0.5, 0.6) is 0 Å². The van der Waals surface area contributed by atoms with Gasteiger partial charge >= 0.3 is 8.60 Å². The zero-order valence-electron chi connectivity index (χ0n) is 20.9. The van der Waals surface area contributed by atoms with E-state index in [0.717, 1.165) is 25.7 Å². The fourth-order valence-corrected chi connectivity index (χ4v) is 4.87. The van der Waals surface area contributed by atoms with Gasteiger partial charge in [-0.15, -0.1) is 0 Å². The van der Waals surface area contributed by atoms with Gasteiger partial charge in [0, 0.05) is 5.92 Å². The molecule has 4 heteroatoms. The lowest BCUT2D eigenvalue weighted by atomic mass is 9.73. The van der Waals surface area contributed by atoms with Crippen molar-refractivity contribution in [2.75, 3.05) is 6.61 Å². The summed E-state index contributed by atoms with van der Waals surface area (Å²) in [4.78, 5) is 17.7. The first-order valence-corrected chi connectivity index (χ1v) is 13.2. The Morgan fingerprint density at radius 3 is 1.59 bits per heavy atom. The Balaban J connectivity index is 2.22. The molecule has 0 saturated carbocycles. The van der Waals surface area contributed by atoms with Crippen molar-refractivity contribution in [2.45, 2.75) is 96.8 Å². The number of benzene rings is 2. The van der Waals surface area contributed by atoms with Crippen LogP contribution in [0.4, 0.5) is 0 Å². The van der Waals surface area contributed by atoms with E-state index in [1.807, 2.05) is 0 Å². The predicted octanol–water partition coefficient (Wildman–Crippen LogP) is 7.98. The summed E-state index contributed by atoms with van der Waals surface area (Å²) in [5.41, 5.74) is 6.01. The van der Waals surface area contributed by atoms with Gasteiger partial charge < -0.3 is 14.3 Å². The second-order valence-corrected chi connectivity index (χ2v) is 11.6. The molecule has 0 bridgehead atoms. The van der Waals surface area contributed by atoms with E-state index in [0.29, 0.717) is 12.5 Å². The third-order valence-corrected chi connectivity index (χ3v) is 6.55. The number of rotatable bonds is 11. The topological polar surface area (TPSA) is 49.7 Å². The zero-order chi connectivity index (χ0) is 23.8. The van der Waals surface area contributed by atoms with Gasteiger partial charge in [0.2, 0.25) is 0 Å². The summed E-state index contributed by atoms with van der Waals surface area (Å²) in [6.07, 6.45) is 6.57. The van der Waals surface area contributed by atoms with Crippen LogP contribution < -0.4 is 0 Å². The van der Waals surface area contributed by atoms with Crippen molar-refractivity contribution in [3.63, 3.8) is 0 Å². The fraction of sp³-hybridized carbons (Fsp3) is 0.571. The van der Waals surface area contributed by atoms with Crippen LogP contribution in [-0.2, 0) is 15.4 Å². The molecule has 0 radical (unpaired) electrons. The molecular formula is C28H43O3P. The van der Waals surface area contributed by atoms with E-state index in [9.17, 15) is 0 Å². The van der Waals surface area contributed by atoms with Crippen molar-refractivity contribution in [1.82, 2.24) is 0 Å². The number of hydrogen-bond acceptors (Lipinski definition) is 3. The van der Waals surface area contributed by atoms with Crippen molar-refractivity contribution in [1.29, 1.82) is 0 Å². The molecule has 0 spiro atoms. The van der Waals surface area contributed by atoms with E-state index in [2.05, 4.69) is 90.1 Å². The highest BCUT2D eigenvalue weighted by atomic mass is 31.2. The summed E-state index contributed by atoms with van der Waals surface area (Å²) < 4.78 is 4.87. The van der Waals surface area contributed by atoms with Gasteiger partial charge in [0.05, 0.1) is 6.61 Å². The largest absolute Gasteiger partial charge is 0.328 e. The second-order valence-electron chi connectivity index (χ2n) is 10.9. The van der Waals surface area contributed by atoms with Crippen LogP contribution in [0.15, 0.2) is 48.5 Å². The highest BCUT2D eigenvalue weighted by molar-refractivity contribution is 7.39. The summed E-state index contributed by atoms with van der Waals surface area (Å²) >= 11 is 0. The van der Waals surface area contributed by atoms with E-state index < -0.39 is 8.60 Å². The average Bonchev–Trinajstić information content (AvgIpc) is 2.71. The van der Waals surface area contributed by atoms with E-state index in [1.165, 1.54) is 35.1 Å². The molecule has 2 rings (SSSR count). The minimum atomic E-state index is -2.21. The molecule has 0 aromatic heterocycles. The Kier molecular flexibility index (Phi) is 10.4. The van der Waals surface area contributed by atoms with E-state index >= 15 is 0 Å². The van der Waals surface area contributed by atoms with Crippen molar-refractivity contribution in [3.05, 3.63) is 70.8 Å². The smallest absolute Gasteiger partial charge is 0.327 e. The van der Waals surface area contributed by atoms with Gasteiger partial charge in [0.15, 0.2) is 0 Å². The predicted molar refractivity (Wildman–Crippen MR) is 137 cm³/mol. The normalized spacial score (nSPS) is 12.7. The maximum absolute atomic E-state index is 8.83. The van der Waals surface area contributed by atoms with Crippen molar-refractivity contribution in [3.8, 4) is 0 Å². The molecule has 0 aliphatic heterocycles. The van der Waals surface area contributed by atoms with Gasteiger partial charge in [-0.25, -0.2) is 0 Å². The van der Waals surface area contributed by atoms with Crippen molar-refractivity contribution in [2.24, 2.45) is 0 Å². The molecule has 2 aromatic carbocycles. The van der Waals surface area contributed by atoms with Crippen molar-refractivity contribution >= 4 is 8.60 Å². The van der Waals surface area contributed by atoms with Crippen LogP contribution in [0.3, 0.4) is 0 Å². The van der Waals surface area contributed by atoms with Gasteiger partial charge in [-0.2, -0.15) is 0 Å². The standard InChI is InChI=1S/C28H43O3P/c1-27(2,3)25-19-13-11-17-23(25)22(16-10-8-7-9-15-21-31-32(29)30)24-18-12-14-20-26(24)28(4,5)6/h11-14,17-20,22,29-30H,7-10,15-16,21H2,1-6H3. The summed E-state index contributed by atoms with van der Waals surface area (Å²) in [6.45, 7) is 14.3. The molecular weight excluding hydrogens is 415 g/mol. The van der Waals surface area contributed by atoms with Gasteiger partial charge in [0.1, 0.15) is 0 Å². The maximum Gasteiger partial charge on any atom is 0.327 e. The molecule has 0 aliphatic rings. The van der Waals surface area contributed by atoms with Crippen LogP contribution in [0.2, 0.25) is 0 Å². The van der Waals surface area contributed by atoms with Gasteiger partial charge in [-0.3, -0.25) is 0 Å². The van der Waals surface area contributed by atoms with Crippen LogP contribution in [0.25, 0.3) is 0 Å². The summed E-state index contributed by atoms with van der Waals surface area (Å²) in [6, 6.07) is 18.0. The van der Waals surface area contributed by atoms with Crippen molar-refractivity contribution < 1.29 is 14.3 Å². The molecule has 0 aliphatic carbocycles. The first-order valence-electron chi connectivity index (χ1n) is 12.0. The van der Waals surface area contributed by atoms with Crippen LogP contribution in [0.1, 0.15) is 108 Å². The lowest BCUT2D eigenvalue weighted by Crippen LogP contribution is -2.20. The molecule has 0 saturated heterocycles. The molecule has 0 unspecified atom stereocenters. The lowest BCUT2D eigenvalue weighted by molar-refractivity contribution is 0.248. The Labute approximate surface area is 197 Å². The molecule has 0 fully saturated rings. The Morgan fingerprint density at radius 1 is 0.688 bits per heavy atom. The summed E-state index contributed by atoms with van der Waals surface area (Å²) in [7, 11) is -2.21. The fourth-order valence-electron chi connectivity index (χ4n) is 4.57. The summed E-state index contributed by atoms with van der Waals surface area (Å²) in [5, 5.41) is 0.